The zero-order valence-corrected chi connectivity index (χ0v) is 19.2. The van der Waals surface area contributed by atoms with E-state index in [1.165, 1.54) is 36.4 Å². The maximum absolute atomic E-state index is 13.2. The number of benzene rings is 3. The third-order valence-electron chi connectivity index (χ3n) is 4.59. The first-order chi connectivity index (χ1) is 16.7. The number of carbonyl (C=O) groups excluding carboxylic acids is 2. The maximum atomic E-state index is 13.2. The molecular weight excluding hydrogens is 503 g/mol. The number of alkyl halides is 3. The molecule has 0 unspecified atom stereocenters. The highest BCUT2D eigenvalue weighted by molar-refractivity contribution is 7.86. The van der Waals surface area contributed by atoms with Crippen LogP contribution in [0.25, 0.3) is 11.1 Å². The van der Waals surface area contributed by atoms with Gasteiger partial charge in [-0.15, -0.1) is 13.2 Å². The molecule has 4 N–H and O–H groups in total. The van der Waals surface area contributed by atoms with Crippen LogP contribution < -0.4 is 15.8 Å². The van der Waals surface area contributed by atoms with Gasteiger partial charge in [0.05, 0.1) is 17.4 Å². The van der Waals surface area contributed by atoms with Gasteiger partial charge in [-0.1, -0.05) is 30.3 Å². The predicted octanol–water partition coefficient (Wildman–Crippen LogP) is 3.90. The maximum Gasteiger partial charge on any atom is 0.573 e. The molecule has 3 aromatic carbocycles. The lowest BCUT2D eigenvalue weighted by molar-refractivity contribution is -0.274. The summed E-state index contributed by atoms with van der Waals surface area (Å²) in [4.78, 5) is 26.1. The van der Waals surface area contributed by atoms with Crippen molar-refractivity contribution in [3.8, 4) is 16.9 Å². The van der Waals surface area contributed by atoms with Crippen molar-refractivity contribution in [2.24, 2.45) is 5.73 Å². The average Bonchev–Trinajstić information content (AvgIpc) is 2.77. The van der Waals surface area contributed by atoms with Crippen LogP contribution in [0.2, 0.25) is 0 Å². The van der Waals surface area contributed by atoms with Gasteiger partial charge in [0.25, 0.3) is 5.91 Å². The summed E-state index contributed by atoms with van der Waals surface area (Å²) in [6.45, 7) is 0. The SMILES string of the molecule is CS(=O)(=O)OC(=O)c1c(-c2ccccc2)ccc(OC(F)(F)F)c1C(=O)Nc1ccc(C(=N)N)cc1. The Bertz CT molecular complexity index is 1420. The number of hydrogen-bond acceptors (Lipinski definition) is 7. The Hall–Kier alpha value is -4.39. The van der Waals surface area contributed by atoms with Crippen molar-refractivity contribution in [2.45, 2.75) is 6.36 Å². The molecule has 0 radical (unpaired) electrons. The van der Waals surface area contributed by atoms with Gasteiger partial charge in [-0.3, -0.25) is 10.2 Å². The summed E-state index contributed by atoms with van der Waals surface area (Å²) >= 11 is 0. The Kier molecular flexibility index (Phi) is 7.34. The molecular formula is C23H18F3N3O6S. The smallest absolute Gasteiger partial charge is 0.405 e. The van der Waals surface area contributed by atoms with E-state index in [0.29, 0.717) is 11.8 Å². The van der Waals surface area contributed by atoms with E-state index in [1.807, 2.05) is 0 Å². The largest absolute Gasteiger partial charge is 0.573 e. The summed E-state index contributed by atoms with van der Waals surface area (Å²) in [5.74, 6) is -4.11. The van der Waals surface area contributed by atoms with E-state index < -0.39 is 45.2 Å². The predicted molar refractivity (Wildman–Crippen MR) is 124 cm³/mol. The van der Waals surface area contributed by atoms with Gasteiger partial charge in [-0.05, 0) is 47.5 Å². The monoisotopic (exact) mass is 521 g/mol. The third kappa shape index (κ3) is 6.60. The summed E-state index contributed by atoms with van der Waals surface area (Å²) in [7, 11) is -4.41. The molecule has 0 heterocycles. The van der Waals surface area contributed by atoms with E-state index in [0.717, 1.165) is 12.1 Å². The first-order valence-corrected chi connectivity index (χ1v) is 11.7. The van der Waals surface area contributed by atoms with Gasteiger partial charge in [-0.25, -0.2) is 4.79 Å². The normalized spacial score (nSPS) is 11.4. The number of ether oxygens (including phenoxy) is 1. The molecule has 0 aromatic heterocycles. The van der Waals surface area contributed by atoms with Crippen molar-refractivity contribution in [1.82, 2.24) is 0 Å². The summed E-state index contributed by atoms with van der Waals surface area (Å²) < 4.78 is 71.2. The van der Waals surface area contributed by atoms with Gasteiger partial charge in [0.1, 0.15) is 11.6 Å². The summed E-state index contributed by atoms with van der Waals surface area (Å²) in [5, 5.41) is 9.75. The van der Waals surface area contributed by atoms with Crippen molar-refractivity contribution in [3.63, 3.8) is 0 Å². The van der Waals surface area contributed by atoms with Crippen LogP contribution in [-0.2, 0) is 14.3 Å². The van der Waals surface area contributed by atoms with E-state index in [1.54, 1.807) is 18.2 Å². The fraction of sp³-hybridized carbons (Fsp3) is 0.0870. The molecule has 0 spiro atoms. The zero-order chi connectivity index (χ0) is 26.7. The van der Waals surface area contributed by atoms with E-state index in [4.69, 9.17) is 11.1 Å². The molecule has 1 amide bonds. The number of halogens is 3. The van der Waals surface area contributed by atoms with Crippen LogP contribution in [0.15, 0.2) is 66.7 Å². The van der Waals surface area contributed by atoms with Gasteiger partial charge in [0.2, 0.25) is 0 Å². The molecule has 0 bridgehead atoms. The quantitative estimate of drug-likeness (QED) is 0.243. The summed E-state index contributed by atoms with van der Waals surface area (Å²) in [5.41, 5.74) is 4.33. The lowest BCUT2D eigenvalue weighted by atomic mass is 9.94. The third-order valence-corrected chi connectivity index (χ3v) is 5.04. The Morgan fingerprint density at radius 2 is 1.56 bits per heavy atom. The number of amidine groups is 1. The number of carbonyl (C=O) groups is 2. The average molecular weight is 521 g/mol. The highest BCUT2D eigenvalue weighted by Gasteiger charge is 2.36. The van der Waals surface area contributed by atoms with Crippen LogP contribution in [0.5, 0.6) is 5.75 Å². The molecule has 0 aliphatic carbocycles. The highest BCUT2D eigenvalue weighted by Crippen LogP contribution is 2.36. The number of anilines is 1. The topological polar surface area (TPSA) is 149 Å². The Balaban J connectivity index is 2.23. The van der Waals surface area contributed by atoms with E-state index in [-0.39, 0.29) is 22.6 Å². The molecule has 13 heteroatoms. The number of nitrogens with one attached hydrogen (secondary N) is 2. The van der Waals surface area contributed by atoms with Crippen molar-refractivity contribution < 1.29 is 40.1 Å². The molecule has 0 saturated carbocycles. The second-order valence-electron chi connectivity index (χ2n) is 7.30. The molecule has 3 aromatic rings. The molecule has 9 nitrogen and oxygen atoms in total. The number of hydrogen-bond donors (Lipinski definition) is 3. The minimum Gasteiger partial charge on any atom is -0.405 e. The fourth-order valence-corrected chi connectivity index (χ4v) is 3.55. The van der Waals surface area contributed by atoms with Gasteiger partial charge in [0.15, 0.2) is 0 Å². The van der Waals surface area contributed by atoms with Gasteiger partial charge in [-0.2, -0.15) is 8.42 Å². The van der Waals surface area contributed by atoms with E-state index in [9.17, 15) is 31.2 Å². The summed E-state index contributed by atoms with van der Waals surface area (Å²) in [6.07, 6.45) is -4.68. The fourth-order valence-electron chi connectivity index (χ4n) is 3.19. The minimum atomic E-state index is -5.25. The number of rotatable bonds is 7. The summed E-state index contributed by atoms with van der Waals surface area (Å²) in [6, 6.07) is 15.1. The van der Waals surface area contributed by atoms with Crippen molar-refractivity contribution in [3.05, 3.63) is 83.4 Å². The first kappa shape index (κ1) is 26.2. The van der Waals surface area contributed by atoms with Crippen molar-refractivity contribution >= 4 is 33.5 Å². The van der Waals surface area contributed by atoms with Crippen LogP contribution in [-0.4, -0.2) is 38.7 Å². The molecule has 0 aliphatic heterocycles. The van der Waals surface area contributed by atoms with Crippen LogP contribution in [0.3, 0.4) is 0 Å². The number of amides is 1. The van der Waals surface area contributed by atoms with E-state index >= 15 is 0 Å². The second kappa shape index (κ2) is 10.1. The molecule has 0 atom stereocenters. The minimum absolute atomic E-state index is 0.0733. The van der Waals surface area contributed by atoms with E-state index in [2.05, 4.69) is 14.2 Å². The lowest BCUT2D eigenvalue weighted by Crippen LogP contribution is -2.25. The Morgan fingerprint density at radius 1 is 0.944 bits per heavy atom. The van der Waals surface area contributed by atoms with Crippen LogP contribution in [0.1, 0.15) is 26.3 Å². The molecule has 36 heavy (non-hydrogen) atoms. The number of nitrogen functional groups attached to an aromatic ring is 1. The van der Waals surface area contributed by atoms with Crippen molar-refractivity contribution in [1.29, 1.82) is 5.41 Å². The van der Waals surface area contributed by atoms with Crippen LogP contribution >= 0.6 is 0 Å². The molecule has 188 valence electrons. The van der Waals surface area contributed by atoms with Gasteiger partial charge >= 0.3 is 22.4 Å². The standard InChI is InChI=1S/C23H18F3N3O6S/c1-36(32,33)35-22(31)18-16(13-5-3-2-4-6-13)11-12-17(34-23(24,25)26)19(18)21(30)29-15-9-7-14(8-10-15)20(27)28/h2-12H,1H3,(H3,27,28)(H,29,30). The van der Waals surface area contributed by atoms with Gasteiger partial charge < -0.3 is 20.0 Å². The molecule has 3 rings (SSSR count). The van der Waals surface area contributed by atoms with Crippen LogP contribution in [0, 0.1) is 5.41 Å². The zero-order valence-electron chi connectivity index (χ0n) is 18.4. The number of nitrogens with two attached hydrogens (primary N) is 1. The van der Waals surface area contributed by atoms with Crippen molar-refractivity contribution in [2.75, 3.05) is 11.6 Å². The molecule has 0 saturated heterocycles. The molecule has 0 aliphatic rings. The second-order valence-corrected chi connectivity index (χ2v) is 8.87. The first-order valence-electron chi connectivity index (χ1n) is 9.93. The Labute approximate surface area is 203 Å². The molecule has 0 fully saturated rings. The Morgan fingerprint density at radius 3 is 2.08 bits per heavy atom. The lowest BCUT2D eigenvalue weighted by Gasteiger charge is -2.19. The van der Waals surface area contributed by atoms with Gasteiger partial charge in [0, 0.05) is 11.3 Å². The van der Waals surface area contributed by atoms with Crippen LogP contribution in [0.4, 0.5) is 18.9 Å². The highest BCUT2D eigenvalue weighted by atomic mass is 32.2.